The van der Waals surface area contributed by atoms with E-state index in [1.54, 1.807) is 0 Å². The van der Waals surface area contributed by atoms with Crippen LogP contribution < -0.4 is 0 Å². The van der Waals surface area contributed by atoms with Gasteiger partial charge in [-0.05, 0) is 76.0 Å². The lowest BCUT2D eigenvalue weighted by molar-refractivity contribution is 1.18. The molecule has 0 fully saturated rings. The number of aryl methyl sites for hydroxylation is 1. The summed E-state index contributed by atoms with van der Waals surface area (Å²) >= 11 is 0. The SMILES string of the molecule is Cc1cc(-c2ccc(-c3ccc(-c4nc(-c5ccccc5)cc(-c5cccc(-c6cccc7ccncc67)c5)n4)cc3)cc2)c2ccc3ccc(-c4ccccc4)nc3c2n1. The van der Waals surface area contributed by atoms with Gasteiger partial charge in [-0.2, -0.15) is 0 Å². The Balaban J connectivity index is 0.924. The molecule has 4 aromatic heterocycles. The molecule has 0 spiro atoms. The van der Waals surface area contributed by atoms with Gasteiger partial charge in [-0.25, -0.2) is 15.0 Å². The van der Waals surface area contributed by atoms with E-state index >= 15 is 0 Å². The summed E-state index contributed by atoms with van der Waals surface area (Å²) < 4.78 is 0. The molecule has 4 heterocycles. The van der Waals surface area contributed by atoms with Crippen molar-refractivity contribution < 1.29 is 0 Å². The van der Waals surface area contributed by atoms with E-state index in [0.717, 1.165) is 111 Å². The maximum absolute atomic E-state index is 5.18. The fraction of sp³-hybridized carbons (Fsp3) is 0.0179. The standard InChI is InChI=1S/C56H37N5/c1-36-32-49(48-28-26-43-27-29-51(41-10-4-2-5-11-41)59-54(43)55(48)58-36)40-22-18-37(19-23-40)38-20-24-44(25-21-38)56-60-52(42-12-6-3-7-13-42)34-53(61-56)46-16-8-15-45(33-46)47-17-9-14-39-30-31-57-35-50(39)47/h2-35H,1H3. The molecule has 0 radical (unpaired) electrons. The van der Waals surface area contributed by atoms with Crippen LogP contribution in [-0.2, 0) is 0 Å². The number of hydrogen-bond donors (Lipinski definition) is 0. The second-order valence-electron chi connectivity index (χ2n) is 15.4. The fourth-order valence-electron chi connectivity index (χ4n) is 8.35. The third-order valence-corrected chi connectivity index (χ3v) is 11.5. The van der Waals surface area contributed by atoms with Gasteiger partial charge in [-0.1, -0.05) is 164 Å². The zero-order chi connectivity index (χ0) is 40.7. The first-order valence-electron chi connectivity index (χ1n) is 20.5. The van der Waals surface area contributed by atoms with Gasteiger partial charge >= 0.3 is 0 Å². The zero-order valence-corrected chi connectivity index (χ0v) is 33.4. The molecule has 0 N–H and O–H groups in total. The van der Waals surface area contributed by atoms with Crippen molar-refractivity contribution in [3.05, 3.63) is 212 Å². The molecule has 7 aromatic carbocycles. The van der Waals surface area contributed by atoms with Crippen molar-refractivity contribution in [2.45, 2.75) is 6.92 Å². The van der Waals surface area contributed by atoms with E-state index in [1.165, 1.54) is 0 Å². The maximum Gasteiger partial charge on any atom is 0.160 e. The monoisotopic (exact) mass is 779 g/mol. The van der Waals surface area contributed by atoms with Gasteiger partial charge in [0.05, 0.1) is 28.1 Å². The van der Waals surface area contributed by atoms with Crippen LogP contribution in [0.1, 0.15) is 5.69 Å². The highest BCUT2D eigenvalue weighted by Crippen LogP contribution is 2.36. The summed E-state index contributed by atoms with van der Waals surface area (Å²) in [5.41, 5.74) is 16.4. The summed E-state index contributed by atoms with van der Waals surface area (Å²) in [6.45, 7) is 2.06. The van der Waals surface area contributed by atoms with E-state index < -0.39 is 0 Å². The highest BCUT2D eigenvalue weighted by molar-refractivity contribution is 6.09. The summed E-state index contributed by atoms with van der Waals surface area (Å²) in [6, 6.07) is 67.8. The predicted octanol–water partition coefficient (Wildman–Crippen LogP) is 14.1. The molecular weight excluding hydrogens is 743 g/mol. The lowest BCUT2D eigenvalue weighted by Crippen LogP contribution is -1.96. The van der Waals surface area contributed by atoms with E-state index in [1.807, 2.05) is 48.8 Å². The molecule has 0 aliphatic carbocycles. The molecule has 0 unspecified atom stereocenters. The van der Waals surface area contributed by atoms with E-state index in [2.05, 4.69) is 170 Å². The highest BCUT2D eigenvalue weighted by atomic mass is 14.9. The normalized spacial score (nSPS) is 11.4. The molecule has 286 valence electrons. The average Bonchev–Trinajstić information content (AvgIpc) is 3.34. The Labute approximate surface area is 353 Å². The third kappa shape index (κ3) is 6.88. The van der Waals surface area contributed by atoms with E-state index in [0.29, 0.717) is 5.82 Å². The Morgan fingerprint density at radius 2 is 0.951 bits per heavy atom. The molecule has 0 saturated heterocycles. The Hall–Kier alpha value is -8.15. The molecule has 0 atom stereocenters. The Bertz CT molecular complexity index is 3390. The summed E-state index contributed by atoms with van der Waals surface area (Å²) in [5.74, 6) is 0.677. The molecule has 0 aliphatic heterocycles. The third-order valence-electron chi connectivity index (χ3n) is 11.5. The Morgan fingerprint density at radius 1 is 0.328 bits per heavy atom. The first kappa shape index (κ1) is 36.0. The van der Waals surface area contributed by atoms with Gasteiger partial charge in [0.15, 0.2) is 5.82 Å². The van der Waals surface area contributed by atoms with E-state index in [-0.39, 0.29) is 0 Å². The van der Waals surface area contributed by atoms with Crippen LogP contribution in [0.5, 0.6) is 0 Å². The smallest absolute Gasteiger partial charge is 0.160 e. The van der Waals surface area contributed by atoms with Gasteiger partial charge < -0.3 is 0 Å². The van der Waals surface area contributed by atoms with Crippen LogP contribution in [-0.4, -0.2) is 24.9 Å². The summed E-state index contributed by atoms with van der Waals surface area (Å²) in [5, 5.41) is 4.44. The molecule has 61 heavy (non-hydrogen) atoms. The highest BCUT2D eigenvalue weighted by Gasteiger charge is 2.15. The molecule has 0 bridgehead atoms. The second-order valence-corrected chi connectivity index (χ2v) is 15.4. The molecule has 11 rings (SSSR count). The van der Waals surface area contributed by atoms with Gasteiger partial charge in [0.1, 0.15) is 0 Å². The molecule has 11 aromatic rings. The minimum atomic E-state index is 0.677. The van der Waals surface area contributed by atoms with Crippen LogP contribution in [0.15, 0.2) is 207 Å². The van der Waals surface area contributed by atoms with Crippen LogP contribution in [0.25, 0.3) is 111 Å². The van der Waals surface area contributed by atoms with E-state index in [4.69, 9.17) is 19.9 Å². The predicted molar refractivity (Wildman–Crippen MR) is 251 cm³/mol. The zero-order valence-electron chi connectivity index (χ0n) is 33.4. The number of pyridine rings is 3. The van der Waals surface area contributed by atoms with Crippen molar-refractivity contribution in [1.82, 2.24) is 24.9 Å². The van der Waals surface area contributed by atoms with Crippen molar-refractivity contribution in [3.8, 4) is 78.5 Å². The Morgan fingerprint density at radius 3 is 1.70 bits per heavy atom. The van der Waals surface area contributed by atoms with Crippen LogP contribution >= 0.6 is 0 Å². The second kappa shape index (κ2) is 15.2. The van der Waals surface area contributed by atoms with Crippen LogP contribution in [0.2, 0.25) is 0 Å². The van der Waals surface area contributed by atoms with Gasteiger partial charge in [-0.15, -0.1) is 0 Å². The number of nitrogens with zero attached hydrogens (tertiary/aromatic N) is 5. The number of benzene rings is 7. The van der Waals surface area contributed by atoms with Crippen molar-refractivity contribution in [1.29, 1.82) is 0 Å². The largest absolute Gasteiger partial charge is 0.264 e. The van der Waals surface area contributed by atoms with Crippen molar-refractivity contribution in [2.75, 3.05) is 0 Å². The maximum atomic E-state index is 5.18. The van der Waals surface area contributed by atoms with Crippen molar-refractivity contribution in [2.24, 2.45) is 0 Å². The summed E-state index contributed by atoms with van der Waals surface area (Å²) in [7, 11) is 0. The number of hydrogen-bond acceptors (Lipinski definition) is 5. The van der Waals surface area contributed by atoms with Crippen LogP contribution in [0.3, 0.4) is 0 Å². The average molecular weight is 780 g/mol. The van der Waals surface area contributed by atoms with E-state index in [9.17, 15) is 0 Å². The number of rotatable bonds is 7. The topological polar surface area (TPSA) is 64.5 Å². The van der Waals surface area contributed by atoms with Crippen LogP contribution in [0, 0.1) is 6.92 Å². The lowest BCUT2D eigenvalue weighted by Gasteiger charge is -2.12. The first-order chi connectivity index (χ1) is 30.1. The quantitative estimate of drug-likeness (QED) is 0.151. The molecule has 0 amide bonds. The fourth-order valence-corrected chi connectivity index (χ4v) is 8.35. The van der Waals surface area contributed by atoms with Gasteiger partial charge in [0.25, 0.3) is 0 Å². The molecular formula is C56H37N5. The minimum absolute atomic E-state index is 0.677. The molecule has 0 aliphatic rings. The number of fused-ring (bicyclic) bond motifs is 4. The molecule has 5 nitrogen and oxygen atoms in total. The summed E-state index contributed by atoms with van der Waals surface area (Å²) in [6.07, 6.45) is 3.78. The van der Waals surface area contributed by atoms with Gasteiger partial charge in [0, 0.05) is 56.5 Å². The van der Waals surface area contributed by atoms with Crippen LogP contribution in [0.4, 0.5) is 0 Å². The first-order valence-corrected chi connectivity index (χ1v) is 20.5. The van der Waals surface area contributed by atoms with Crippen molar-refractivity contribution in [3.63, 3.8) is 0 Å². The Kier molecular flexibility index (Phi) is 8.98. The van der Waals surface area contributed by atoms with Crippen molar-refractivity contribution >= 4 is 32.6 Å². The summed E-state index contributed by atoms with van der Waals surface area (Å²) in [4.78, 5) is 24.9. The lowest BCUT2D eigenvalue weighted by atomic mass is 9.96. The number of aromatic nitrogens is 5. The molecule has 0 saturated carbocycles. The van der Waals surface area contributed by atoms with Gasteiger partial charge in [0.2, 0.25) is 0 Å². The minimum Gasteiger partial charge on any atom is -0.264 e. The molecule has 5 heteroatoms. The van der Waals surface area contributed by atoms with Gasteiger partial charge in [-0.3, -0.25) is 9.97 Å².